The summed E-state index contributed by atoms with van der Waals surface area (Å²) in [6.45, 7) is 4.45. The van der Waals surface area contributed by atoms with Crippen molar-refractivity contribution in [3.8, 4) is 5.75 Å². The van der Waals surface area contributed by atoms with Crippen LogP contribution in [0.25, 0.3) is 0 Å². The molecule has 0 amide bonds. The normalized spacial score (nSPS) is 13.1. The Morgan fingerprint density at radius 2 is 1.80 bits per heavy atom. The van der Waals surface area contributed by atoms with Gasteiger partial charge in [0.15, 0.2) is 0 Å². The second-order valence-corrected chi connectivity index (χ2v) is 4.19. The summed E-state index contributed by atoms with van der Waals surface area (Å²) in [6, 6.07) is 1.48. The van der Waals surface area contributed by atoms with Crippen molar-refractivity contribution in [3.05, 3.63) is 53.1 Å². The number of hydrogen-bond donors (Lipinski definition) is 0. The average molecular weight is 288 g/mol. The average Bonchev–Trinajstić information content (AvgIpc) is 2.36. The summed E-state index contributed by atoms with van der Waals surface area (Å²) in [4.78, 5) is 0. The number of halogens is 4. The molecule has 0 fully saturated rings. The van der Waals surface area contributed by atoms with E-state index in [1.807, 2.05) is 0 Å². The molecule has 0 spiro atoms. The molecule has 0 bridgehead atoms. The van der Waals surface area contributed by atoms with Gasteiger partial charge in [-0.3, -0.25) is 0 Å². The minimum atomic E-state index is -3.66. The minimum Gasteiger partial charge on any atom is -0.429 e. The smallest absolute Gasteiger partial charge is 0.426 e. The van der Waals surface area contributed by atoms with Gasteiger partial charge in [-0.15, -0.1) is 0 Å². The zero-order valence-corrected chi connectivity index (χ0v) is 11.5. The van der Waals surface area contributed by atoms with Crippen LogP contribution in [-0.4, -0.2) is 6.11 Å². The Morgan fingerprint density at radius 1 is 1.25 bits per heavy atom. The first-order chi connectivity index (χ1) is 9.31. The molecule has 0 atom stereocenters. The van der Waals surface area contributed by atoms with Gasteiger partial charge in [0.25, 0.3) is 0 Å². The minimum absolute atomic E-state index is 0.238. The van der Waals surface area contributed by atoms with Crippen LogP contribution in [-0.2, 0) is 0 Å². The SMILES string of the molecule is C/C=C(\C=C/CC)C(F)(F)Oc1cc(F)c(C)c(F)c1. The van der Waals surface area contributed by atoms with Gasteiger partial charge >= 0.3 is 6.11 Å². The summed E-state index contributed by atoms with van der Waals surface area (Å²) < 4.78 is 58.8. The highest BCUT2D eigenvalue weighted by atomic mass is 19.3. The second-order valence-electron chi connectivity index (χ2n) is 4.19. The van der Waals surface area contributed by atoms with Gasteiger partial charge in [0.1, 0.15) is 17.4 Å². The summed E-state index contributed by atoms with van der Waals surface area (Å²) >= 11 is 0. The molecule has 0 saturated heterocycles. The third-order valence-corrected chi connectivity index (χ3v) is 2.68. The molecule has 1 aromatic carbocycles. The van der Waals surface area contributed by atoms with E-state index in [2.05, 4.69) is 4.74 Å². The van der Waals surface area contributed by atoms with Crippen LogP contribution in [0, 0.1) is 18.6 Å². The van der Waals surface area contributed by atoms with Crippen LogP contribution in [0.3, 0.4) is 0 Å². The fraction of sp³-hybridized carbons (Fsp3) is 0.333. The van der Waals surface area contributed by atoms with Crippen molar-refractivity contribution in [3.63, 3.8) is 0 Å². The highest BCUT2D eigenvalue weighted by molar-refractivity contribution is 5.32. The molecule has 0 aliphatic rings. The molecule has 0 aromatic heterocycles. The molecule has 1 aromatic rings. The van der Waals surface area contributed by atoms with E-state index in [9.17, 15) is 17.6 Å². The van der Waals surface area contributed by atoms with E-state index >= 15 is 0 Å². The van der Waals surface area contributed by atoms with Gasteiger partial charge in [-0.2, -0.15) is 8.78 Å². The third-order valence-electron chi connectivity index (χ3n) is 2.68. The zero-order chi connectivity index (χ0) is 15.3. The quantitative estimate of drug-likeness (QED) is 0.537. The van der Waals surface area contributed by atoms with Crippen molar-refractivity contribution in [1.29, 1.82) is 0 Å². The first kappa shape index (κ1) is 16.3. The number of rotatable bonds is 5. The van der Waals surface area contributed by atoms with Gasteiger partial charge in [-0.05, 0) is 20.3 Å². The van der Waals surface area contributed by atoms with Crippen LogP contribution in [0.15, 0.2) is 35.9 Å². The van der Waals surface area contributed by atoms with Crippen LogP contribution in [0.4, 0.5) is 17.6 Å². The Balaban J connectivity index is 3.04. The van der Waals surface area contributed by atoms with Crippen LogP contribution in [0.1, 0.15) is 25.8 Å². The van der Waals surface area contributed by atoms with E-state index in [-0.39, 0.29) is 11.1 Å². The topological polar surface area (TPSA) is 9.23 Å². The molecule has 0 saturated carbocycles. The molecule has 0 heterocycles. The molecule has 0 aliphatic heterocycles. The van der Waals surface area contributed by atoms with Gasteiger partial charge in [0.2, 0.25) is 0 Å². The largest absolute Gasteiger partial charge is 0.429 e. The van der Waals surface area contributed by atoms with E-state index < -0.39 is 23.5 Å². The monoisotopic (exact) mass is 288 g/mol. The molecule has 5 heteroatoms. The van der Waals surface area contributed by atoms with Crippen molar-refractivity contribution in [2.24, 2.45) is 0 Å². The van der Waals surface area contributed by atoms with Gasteiger partial charge in [0.05, 0.1) is 5.57 Å². The number of ether oxygens (including phenoxy) is 1. The van der Waals surface area contributed by atoms with Crippen molar-refractivity contribution < 1.29 is 22.3 Å². The van der Waals surface area contributed by atoms with Gasteiger partial charge in [-0.25, -0.2) is 8.78 Å². The number of alkyl halides is 2. The Hall–Kier alpha value is -1.78. The highest BCUT2D eigenvalue weighted by Gasteiger charge is 2.35. The molecule has 0 N–H and O–H groups in total. The molecule has 20 heavy (non-hydrogen) atoms. The number of hydrogen-bond acceptors (Lipinski definition) is 1. The second kappa shape index (κ2) is 6.59. The number of allylic oxidation sites excluding steroid dienone is 2. The van der Waals surface area contributed by atoms with Crippen LogP contribution >= 0.6 is 0 Å². The van der Waals surface area contributed by atoms with Crippen LogP contribution < -0.4 is 4.74 Å². The lowest BCUT2D eigenvalue weighted by atomic mass is 10.2. The Morgan fingerprint density at radius 3 is 2.25 bits per heavy atom. The standard InChI is InChI=1S/C15H16F4O/c1-4-6-7-11(5-2)15(18,19)20-12-8-13(16)10(3)14(17)9-12/h5-9H,4H2,1-3H3/b7-6-,11-5+. The molecular weight excluding hydrogens is 272 g/mol. The predicted molar refractivity (Wildman–Crippen MR) is 69.9 cm³/mol. The van der Waals surface area contributed by atoms with E-state index in [0.29, 0.717) is 6.42 Å². The number of benzene rings is 1. The Kier molecular flexibility index (Phi) is 5.36. The fourth-order valence-corrected chi connectivity index (χ4v) is 1.49. The maximum atomic E-state index is 13.9. The predicted octanol–water partition coefficient (Wildman–Crippen LogP) is 5.16. The van der Waals surface area contributed by atoms with Crippen LogP contribution in [0.2, 0.25) is 0 Å². The summed E-state index contributed by atoms with van der Waals surface area (Å²) in [5.74, 6) is -2.41. The van der Waals surface area contributed by atoms with Gasteiger partial charge in [0, 0.05) is 17.7 Å². The highest BCUT2D eigenvalue weighted by Crippen LogP contribution is 2.31. The van der Waals surface area contributed by atoms with Crippen molar-refractivity contribution in [1.82, 2.24) is 0 Å². The summed E-state index contributed by atoms with van der Waals surface area (Å²) in [5.41, 5.74) is -0.612. The maximum absolute atomic E-state index is 13.9. The summed E-state index contributed by atoms with van der Waals surface area (Å²) in [7, 11) is 0. The zero-order valence-electron chi connectivity index (χ0n) is 11.5. The molecule has 1 rings (SSSR count). The molecule has 1 nitrogen and oxygen atoms in total. The van der Waals surface area contributed by atoms with E-state index in [1.165, 1.54) is 26.0 Å². The lowest BCUT2D eigenvalue weighted by molar-refractivity contribution is -0.139. The molecular formula is C15H16F4O. The molecule has 0 radical (unpaired) electrons. The van der Waals surface area contributed by atoms with E-state index in [4.69, 9.17) is 0 Å². The molecule has 110 valence electrons. The Labute approximate surface area is 115 Å². The van der Waals surface area contributed by atoms with Crippen molar-refractivity contribution >= 4 is 0 Å². The summed E-state index contributed by atoms with van der Waals surface area (Å²) in [6.07, 6.45) is 0.882. The lowest BCUT2D eigenvalue weighted by Crippen LogP contribution is -2.26. The first-order valence-electron chi connectivity index (χ1n) is 6.17. The van der Waals surface area contributed by atoms with Gasteiger partial charge < -0.3 is 4.74 Å². The van der Waals surface area contributed by atoms with Crippen LogP contribution in [0.5, 0.6) is 5.75 Å². The van der Waals surface area contributed by atoms with E-state index in [1.54, 1.807) is 13.0 Å². The van der Waals surface area contributed by atoms with Gasteiger partial charge in [-0.1, -0.05) is 25.2 Å². The fourth-order valence-electron chi connectivity index (χ4n) is 1.49. The van der Waals surface area contributed by atoms with E-state index in [0.717, 1.165) is 12.1 Å². The summed E-state index contributed by atoms with van der Waals surface area (Å²) in [5, 5.41) is 0. The van der Waals surface area contributed by atoms with Crippen molar-refractivity contribution in [2.45, 2.75) is 33.3 Å². The first-order valence-corrected chi connectivity index (χ1v) is 6.17. The third kappa shape index (κ3) is 3.85. The molecule has 0 unspecified atom stereocenters. The Bertz CT molecular complexity index is 510. The van der Waals surface area contributed by atoms with Crippen molar-refractivity contribution in [2.75, 3.05) is 0 Å². The maximum Gasteiger partial charge on any atom is 0.426 e. The lowest BCUT2D eigenvalue weighted by Gasteiger charge is -2.19. The molecule has 0 aliphatic carbocycles.